The summed E-state index contributed by atoms with van der Waals surface area (Å²) in [5.41, 5.74) is 5.74. The van der Waals surface area contributed by atoms with Crippen molar-refractivity contribution in [2.45, 2.75) is 12.6 Å². The number of carbonyl (C=O) groups excluding carboxylic acids is 1. The summed E-state index contributed by atoms with van der Waals surface area (Å²) in [6.07, 6.45) is 0.00158. The summed E-state index contributed by atoms with van der Waals surface area (Å²) in [6, 6.07) is 4.23. The number of hydrogen-bond donors (Lipinski definition) is 2. The predicted molar refractivity (Wildman–Crippen MR) is 67.2 cm³/mol. The number of carbonyl (C=O) groups is 1. The molecule has 0 aliphatic carbocycles. The van der Waals surface area contributed by atoms with E-state index in [1.165, 1.54) is 6.07 Å². The van der Waals surface area contributed by atoms with Crippen LogP contribution < -0.4 is 11.1 Å². The number of nitrogens with two attached hydrogens (primary N) is 1. The van der Waals surface area contributed by atoms with Gasteiger partial charge in [0.1, 0.15) is 5.82 Å². The van der Waals surface area contributed by atoms with Gasteiger partial charge in [0, 0.05) is 24.2 Å². The zero-order chi connectivity index (χ0) is 13.7. The van der Waals surface area contributed by atoms with E-state index >= 15 is 0 Å². The maximum absolute atomic E-state index is 13.7. The molecule has 0 bridgehead atoms. The van der Waals surface area contributed by atoms with Crippen LogP contribution in [0.4, 0.5) is 4.39 Å². The SMILES string of the molecule is NC(=O)c1ccc(CNCC2COCCO2)c(F)c1. The lowest BCUT2D eigenvalue weighted by atomic mass is 10.1. The summed E-state index contributed by atoms with van der Waals surface area (Å²) in [6.45, 7) is 2.73. The van der Waals surface area contributed by atoms with Crippen LogP contribution in [0.25, 0.3) is 0 Å². The van der Waals surface area contributed by atoms with Gasteiger partial charge in [-0.25, -0.2) is 4.39 Å². The van der Waals surface area contributed by atoms with Crippen molar-refractivity contribution in [2.24, 2.45) is 5.73 Å². The third-order valence-corrected chi connectivity index (χ3v) is 2.91. The lowest BCUT2D eigenvalue weighted by molar-refractivity contribution is -0.0864. The second-order valence-corrected chi connectivity index (χ2v) is 4.37. The molecule has 0 aromatic heterocycles. The highest BCUT2D eigenvalue weighted by Gasteiger charge is 2.14. The first kappa shape index (κ1) is 13.9. The van der Waals surface area contributed by atoms with Gasteiger partial charge in [0.25, 0.3) is 0 Å². The maximum Gasteiger partial charge on any atom is 0.248 e. The molecular formula is C13H17FN2O3. The van der Waals surface area contributed by atoms with E-state index in [1.807, 2.05) is 0 Å². The molecule has 3 N–H and O–H groups in total. The van der Waals surface area contributed by atoms with Crippen molar-refractivity contribution in [1.82, 2.24) is 5.32 Å². The van der Waals surface area contributed by atoms with E-state index in [1.54, 1.807) is 6.07 Å². The fraction of sp³-hybridized carbons (Fsp3) is 0.462. The Bertz CT molecular complexity index is 448. The Kier molecular flexibility index (Phi) is 4.84. The summed E-state index contributed by atoms with van der Waals surface area (Å²) in [5.74, 6) is -1.07. The Hall–Kier alpha value is -1.50. The van der Waals surface area contributed by atoms with Gasteiger partial charge in [-0.05, 0) is 12.1 Å². The highest BCUT2D eigenvalue weighted by molar-refractivity contribution is 5.92. The zero-order valence-electron chi connectivity index (χ0n) is 10.5. The minimum Gasteiger partial charge on any atom is -0.376 e. The van der Waals surface area contributed by atoms with Crippen LogP contribution in [-0.2, 0) is 16.0 Å². The number of amides is 1. The van der Waals surface area contributed by atoms with Gasteiger partial charge in [0.05, 0.1) is 25.9 Å². The molecule has 1 unspecified atom stereocenters. The standard InChI is InChI=1S/C13H17FN2O3/c14-12-5-9(13(15)17)1-2-10(12)6-16-7-11-8-18-3-4-19-11/h1-2,5,11,16H,3-4,6-8H2,(H2,15,17). The van der Waals surface area contributed by atoms with E-state index in [9.17, 15) is 9.18 Å². The van der Waals surface area contributed by atoms with Crippen molar-refractivity contribution in [1.29, 1.82) is 0 Å². The van der Waals surface area contributed by atoms with Crippen LogP contribution in [0.5, 0.6) is 0 Å². The first-order valence-corrected chi connectivity index (χ1v) is 6.15. The van der Waals surface area contributed by atoms with Crippen LogP contribution in [0.2, 0.25) is 0 Å². The molecule has 6 heteroatoms. The molecular weight excluding hydrogens is 251 g/mol. The molecule has 1 aromatic rings. The van der Waals surface area contributed by atoms with E-state index in [4.69, 9.17) is 15.2 Å². The van der Waals surface area contributed by atoms with E-state index in [0.29, 0.717) is 38.5 Å². The lowest BCUT2D eigenvalue weighted by Crippen LogP contribution is -2.37. The fourth-order valence-electron chi connectivity index (χ4n) is 1.87. The lowest BCUT2D eigenvalue weighted by Gasteiger charge is -2.23. The quantitative estimate of drug-likeness (QED) is 0.812. The van der Waals surface area contributed by atoms with E-state index in [0.717, 1.165) is 6.07 Å². The molecule has 1 aromatic carbocycles. The molecule has 1 atom stereocenters. The molecule has 19 heavy (non-hydrogen) atoms. The second-order valence-electron chi connectivity index (χ2n) is 4.37. The van der Waals surface area contributed by atoms with E-state index in [2.05, 4.69) is 5.32 Å². The predicted octanol–water partition coefficient (Wildman–Crippen LogP) is 0.430. The van der Waals surface area contributed by atoms with Crippen LogP contribution >= 0.6 is 0 Å². The van der Waals surface area contributed by atoms with Crippen LogP contribution in [0.3, 0.4) is 0 Å². The molecule has 0 radical (unpaired) electrons. The maximum atomic E-state index is 13.7. The topological polar surface area (TPSA) is 73.6 Å². The molecule has 0 saturated carbocycles. The number of ether oxygens (including phenoxy) is 2. The number of primary amides is 1. The molecule has 1 fully saturated rings. The van der Waals surface area contributed by atoms with Gasteiger partial charge in [-0.15, -0.1) is 0 Å². The van der Waals surface area contributed by atoms with Crippen LogP contribution in [0, 0.1) is 5.82 Å². The molecule has 0 spiro atoms. The Balaban J connectivity index is 1.83. The largest absolute Gasteiger partial charge is 0.376 e. The molecule has 1 saturated heterocycles. The number of halogens is 1. The van der Waals surface area contributed by atoms with Gasteiger partial charge >= 0.3 is 0 Å². The van der Waals surface area contributed by atoms with E-state index in [-0.39, 0.29) is 11.7 Å². The van der Waals surface area contributed by atoms with Crippen molar-refractivity contribution >= 4 is 5.91 Å². The second kappa shape index (κ2) is 6.60. The third-order valence-electron chi connectivity index (χ3n) is 2.91. The van der Waals surface area contributed by atoms with Crippen molar-refractivity contribution < 1.29 is 18.7 Å². The Morgan fingerprint density at radius 3 is 2.95 bits per heavy atom. The molecule has 2 rings (SSSR count). The average molecular weight is 268 g/mol. The van der Waals surface area contributed by atoms with Gasteiger partial charge in [0.15, 0.2) is 0 Å². The van der Waals surface area contributed by atoms with Crippen molar-refractivity contribution in [3.8, 4) is 0 Å². The van der Waals surface area contributed by atoms with E-state index < -0.39 is 11.7 Å². The third kappa shape index (κ3) is 3.99. The fourth-order valence-corrected chi connectivity index (χ4v) is 1.87. The Morgan fingerprint density at radius 2 is 2.32 bits per heavy atom. The van der Waals surface area contributed by atoms with Crippen molar-refractivity contribution in [2.75, 3.05) is 26.4 Å². The van der Waals surface area contributed by atoms with Crippen molar-refractivity contribution in [3.05, 3.63) is 35.1 Å². The van der Waals surface area contributed by atoms with Crippen molar-refractivity contribution in [3.63, 3.8) is 0 Å². The molecule has 1 amide bonds. The number of benzene rings is 1. The molecule has 1 aliphatic heterocycles. The highest BCUT2D eigenvalue weighted by Crippen LogP contribution is 2.10. The smallest absolute Gasteiger partial charge is 0.248 e. The van der Waals surface area contributed by atoms with Crippen LogP contribution in [0.1, 0.15) is 15.9 Å². The molecule has 1 heterocycles. The van der Waals surface area contributed by atoms with Gasteiger partial charge in [-0.2, -0.15) is 0 Å². The molecule has 104 valence electrons. The molecule has 5 nitrogen and oxygen atoms in total. The van der Waals surface area contributed by atoms with Gasteiger partial charge in [0.2, 0.25) is 5.91 Å². The van der Waals surface area contributed by atoms with Gasteiger partial charge in [-0.3, -0.25) is 4.79 Å². The van der Waals surface area contributed by atoms with Crippen LogP contribution in [-0.4, -0.2) is 38.4 Å². The first-order chi connectivity index (χ1) is 9.16. The Labute approximate surface area is 110 Å². The zero-order valence-corrected chi connectivity index (χ0v) is 10.5. The monoisotopic (exact) mass is 268 g/mol. The van der Waals surface area contributed by atoms with Gasteiger partial charge < -0.3 is 20.5 Å². The normalized spacial score (nSPS) is 19.3. The average Bonchev–Trinajstić information content (AvgIpc) is 2.41. The summed E-state index contributed by atoms with van der Waals surface area (Å²) in [5, 5.41) is 3.10. The highest BCUT2D eigenvalue weighted by atomic mass is 19.1. The number of hydrogen-bond acceptors (Lipinski definition) is 4. The summed E-state index contributed by atoms with van der Waals surface area (Å²) in [7, 11) is 0. The van der Waals surface area contributed by atoms with Crippen LogP contribution in [0.15, 0.2) is 18.2 Å². The summed E-state index contributed by atoms with van der Waals surface area (Å²) >= 11 is 0. The minimum atomic E-state index is -0.633. The van der Waals surface area contributed by atoms with Gasteiger partial charge in [-0.1, -0.05) is 6.07 Å². The first-order valence-electron chi connectivity index (χ1n) is 6.15. The number of rotatable bonds is 5. The number of nitrogens with one attached hydrogen (secondary N) is 1. The molecule has 1 aliphatic rings. The Morgan fingerprint density at radius 1 is 1.47 bits per heavy atom. The summed E-state index contributed by atoms with van der Waals surface area (Å²) < 4.78 is 24.4. The summed E-state index contributed by atoms with van der Waals surface area (Å²) in [4.78, 5) is 10.9. The minimum absolute atomic E-state index is 0.00158.